The van der Waals surface area contributed by atoms with Gasteiger partial charge in [0.15, 0.2) is 0 Å². The van der Waals surface area contributed by atoms with Crippen LogP contribution in [0.5, 0.6) is 0 Å². The Balaban J connectivity index is -0.0000000225. The van der Waals surface area contributed by atoms with Gasteiger partial charge in [-0.1, -0.05) is 13.8 Å². The van der Waals surface area contributed by atoms with Gasteiger partial charge in [-0.25, -0.2) is 0 Å². The lowest BCUT2D eigenvalue weighted by molar-refractivity contribution is -0.0979. The first kappa shape index (κ1) is 18.1. The van der Waals surface area contributed by atoms with Crippen LogP contribution in [0.1, 0.15) is 13.8 Å². The van der Waals surface area contributed by atoms with Crippen molar-refractivity contribution in [2.75, 3.05) is 0 Å². The second-order valence-corrected chi connectivity index (χ2v) is 0. The molecule has 0 saturated carbocycles. The Labute approximate surface area is 39.7 Å². The molecule has 0 fully saturated rings. The summed E-state index contributed by atoms with van der Waals surface area (Å²) in [6, 6.07) is 0. The summed E-state index contributed by atoms with van der Waals surface area (Å²) in [4.78, 5) is 8.00. The van der Waals surface area contributed by atoms with Crippen molar-refractivity contribution < 1.29 is 4.79 Å². The van der Waals surface area contributed by atoms with Crippen LogP contribution in [0, 0.1) is 0 Å². The van der Waals surface area contributed by atoms with Crippen molar-refractivity contribution in [3.8, 4) is 0 Å². The smallest absolute Gasteiger partial charge is 0.106 e. The van der Waals surface area contributed by atoms with E-state index in [1.54, 1.807) is 0 Å². The minimum Gasteiger partial charge on any atom is -0.307 e. The van der Waals surface area contributed by atoms with E-state index in [0.717, 1.165) is 0 Å². The molecule has 0 bridgehead atoms. The Kier molecular flexibility index (Phi) is 445. The lowest BCUT2D eigenvalue weighted by Crippen LogP contribution is -0.925. The summed E-state index contributed by atoms with van der Waals surface area (Å²) < 4.78 is 0. The van der Waals surface area contributed by atoms with Crippen molar-refractivity contribution >= 4 is 6.79 Å². The van der Waals surface area contributed by atoms with Gasteiger partial charge in [-0.05, 0) is 0 Å². The highest BCUT2D eigenvalue weighted by Gasteiger charge is 0.932. The molecule has 0 saturated heterocycles. The SMILES string of the molecule is C=C.C=O.CC. The Hall–Kier alpha value is -0.590. The third-order valence-corrected chi connectivity index (χ3v) is 0. The first-order valence-corrected chi connectivity index (χ1v) is 1.79. The average molecular weight is 88.1 g/mol. The molecule has 1 nitrogen and oxygen atoms in total. The highest BCUT2D eigenvalue weighted by Crippen LogP contribution is 1.14. The zero-order valence-electron chi connectivity index (χ0n) is 4.53. The Morgan fingerprint density at radius 2 is 1.00 bits per heavy atom. The van der Waals surface area contributed by atoms with Gasteiger partial charge in [0.05, 0.1) is 0 Å². The summed E-state index contributed by atoms with van der Waals surface area (Å²) in [6.45, 7) is 12.0. The van der Waals surface area contributed by atoms with Crippen LogP contribution in [-0.2, 0) is 4.79 Å². The standard InChI is InChI=1S/C2H6.C2H4.CH2O/c3*1-2/h1-2H3;1-2H2;1H2. The van der Waals surface area contributed by atoms with Crippen molar-refractivity contribution in [2.45, 2.75) is 13.8 Å². The van der Waals surface area contributed by atoms with Crippen molar-refractivity contribution in [3.63, 3.8) is 0 Å². The molecule has 0 radical (unpaired) electrons. The van der Waals surface area contributed by atoms with E-state index >= 15 is 0 Å². The molecule has 0 aromatic carbocycles. The highest BCUT2D eigenvalue weighted by atomic mass is 16.1. The van der Waals surface area contributed by atoms with Crippen LogP contribution < -0.4 is 0 Å². The molecule has 0 aliphatic rings. The molecule has 0 aromatic heterocycles. The van der Waals surface area contributed by atoms with E-state index in [1.807, 2.05) is 20.6 Å². The first-order chi connectivity index (χ1) is 3.00. The van der Waals surface area contributed by atoms with Gasteiger partial charge in [-0.15, -0.1) is 13.2 Å². The fourth-order valence-electron chi connectivity index (χ4n) is 0. The zero-order valence-corrected chi connectivity index (χ0v) is 4.53. The number of rotatable bonds is 0. The van der Waals surface area contributed by atoms with Gasteiger partial charge >= 0.3 is 0 Å². The van der Waals surface area contributed by atoms with Gasteiger partial charge in [0, 0.05) is 0 Å². The average Bonchev–Trinajstić information content (AvgIpc) is 1.81. The molecule has 0 amide bonds. The normalized spacial score (nSPS) is 2.33. The Bertz CT molecular complexity index is 5.90. The van der Waals surface area contributed by atoms with Crippen molar-refractivity contribution in [1.29, 1.82) is 0 Å². The predicted molar refractivity (Wildman–Crippen MR) is 29.7 cm³/mol. The fourth-order valence-corrected chi connectivity index (χ4v) is 0. The molecule has 0 spiro atoms. The second kappa shape index (κ2) is 147. The highest BCUT2D eigenvalue weighted by molar-refractivity contribution is 5.10. The van der Waals surface area contributed by atoms with Crippen LogP contribution in [0.2, 0.25) is 0 Å². The summed E-state index contributed by atoms with van der Waals surface area (Å²) in [5.41, 5.74) is 0. The third-order valence-electron chi connectivity index (χ3n) is 0. The molecule has 0 aromatic rings. The number of carbonyl (C=O) groups excluding carboxylic acids is 1. The van der Waals surface area contributed by atoms with E-state index in [-0.39, 0.29) is 0 Å². The Morgan fingerprint density at radius 3 is 1.00 bits per heavy atom. The molecule has 0 rings (SSSR count). The molecule has 6 heavy (non-hydrogen) atoms. The van der Waals surface area contributed by atoms with Crippen molar-refractivity contribution in [1.82, 2.24) is 0 Å². The van der Waals surface area contributed by atoms with Gasteiger partial charge in [0.2, 0.25) is 0 Å². The maximum atomic E-state index is 8.00. The predicted octanol–water partition coefficient (Wildman–Crippen LogP) is 1.64. The van der Waals surface area contributed by atoms with Crippen LogP contribution in [0.15, 0.2) is 13.2 Å². The largest absolute Gasteiger partial charge is 0.307 e. The van der Waals surface area contributed by atoms with Crippen LogP contribution in [0.25, 0.3) is 0 Å². The molecule has 0 aliphatic heterocycles. The molecule has 0 unspecified atom stereocenters. The Morgan fingerprint density at radius 1 is 1.00 bits per heavy atom. The molecule has 0 heterocycles. The van der Waals surface area contributed by atoms with Gasteiger partial charge in [0.25, 0.3) is 0 Å². The van der Waals surface area contributed by atoms with Crippen LogP contribution in [0.3, 0.4) is 0 Å². The van der Waals surface area contributed by atoms with Crippen molar-refractivity contribution in [3.05, 3.63) is 13.2 Å². The van der Waals surface area contributed by atoms with E-state index in [1.165, 1.54) is 0 Å². The van der Waals surface area contributed by atoms with Gasteiger partial charge in [-0.3, -0.25) is 0 Å². The fraction of sp³-hybridized carbons (Fsp3) is 0.400. The van der Waals surface area contributed by atoms with Gasteiger partial charge in [0.1, 0.15) is 6.79 Å². The van der Waals surface area contributed by atoms with Crippen LogP contribution in [-0.4, -0.2) is 6.79 Å². The van der Waals surface area contributed by atoms with Gasteiger partial charge in [-0.2, -0.15) is 0 Å². The number of carbonyl (C=O) groups is 1. The zero-order chi connectivity index (χ0) is 6.00. The molecule has 38 valence electrons. The molecule has 0 N–H and O–H groups in total. The quantitative estimate of drug-likeness (QED) is 0.411. The maximum Gasteiger partial charge on any atom is 0.106 e. The minimum atomic E-state index is 2.00. The molecule has 0 atom stereocenters. The minimum absolute atomic E-state index is 2.00. The van der Waals surface area contributed by atoms with Crippen LogP contribution >= 0.6 is 0 Å². The molecule has 0 aliphatic carbocycles. The number of hydrogen-bond donors (Lipinski definition) is 0. The summed E-state index contributed by atoms with van der Waals surface area (Å²) in [7, 11) is 0. The molecule has 1 heteroatoms. The monoisotopic (exact) mass is 88.1 g/mol. The number of hydrogen-bond acceptors (Lipinski definition) is 1. The summed E-state index contributed by atoms with van der Waals surface area (Å²) in [6.07, 6.45) is 0. The molecular formula is C5H12O. The molecular weight excluding hydrogens is 76.1 g/mol. The van der Waals surface area contributed by atoms with Crippen molar-refractivity contribution in [2.24, 2.45) is 0 Å². The van der Waals surface area contributed by atoms with E-state index in [4.69, 9.17) is 4.79 Å². The summed E-state index contributed by atoms with van der Waals surface area (Å²) in [5, 5.41) is 0. The third kappa shape index (κ3) is 56.9. The van der Waals surface area contributed by atoms with E-state index in [2.05, 4.69) is 13.2 Å². The maximum absolute atomic E-state index is 8.00. The van der Waals surface area contributed by atoms with Crippen LogP contribution in [0.4, 0.5) is 0 Å². The topological polar surface area (TPSA) is 17.1 Å². The van der Waals surface area contributed by atoms with Gasteiger partial charge < -0.3 is 4.79 Å². The summed E-state index contributed by atoms with van der Waals surface area (Å²) in [5.74, 6) is 0. The lowest BCUT2D eigenvalue weighted by atomic mass is 11.0. The summed E-state index contributed by atoms with van der Waals surface area (Å²) >= 11 is 0. The van der Waals surface area contributed by atoms with E-state index in [9.17, 15) is 0 Å². The second-order valence-electron chi connectivity index (χ2n) is 0. The van der Waals surface area contributed by atoms with E-state index < -0.39 is 0 Å². The lowest BCUT2D eigenvalue weighted by Gasteiger charge is -1.07. The van der Waals surface area contributed by atoms with E-state index in [0.29, 0.717) is 0 Å². The first-order valence-electron chi connectivity index (χ1n) is 1.79.